The Labute approximate surface area is 215 Å². The smallest absolute Gasteiger partial charge is 0.223 e. The molecule has 1 heterocycles. The molecule has 5 N–H and O–H groups in total. The third-order valence-corrected chi connectivity index (χ3v) is 7.41. The van der Waals surface area contributed by atoms with Gasteiger partial charge < -0.3 is 35.1 Å². The molecule has 10 heteroatoms. The van der Waals surface area contributed by atoms with E-state index in [4.69, 9.17) is 14.2 Å². The van der Waals surface area contributed by atoms with Crippen molar-refractivity contribution in [3.8, 4) is 0 Å². The highest BCUT2D eigenvalue weighted by Crippen LogP contribution is 2.31. The Hall–Kier alpha value is -1.30. The van der Waals surface area contributed by atoms with E-state index in [-0.39, 0.29) is 60.5 Å². The quantitative estimate of drug-likeness (QED) is 0.258. The van der Waals surface area contributed by atoms with Crippen LogP contribution in [-0.4, -0.2) is 83.7 Å². The number of ether oxygens (including phenoxy) is 3. The van der Waals surface area contributed by atoms with E-state index < -0.39 is 30.8 Å². The van der Waals surface area contributed by atoms with E-state index in [0.29, 0.717) is 12.8 Å². The largest absolute Gasteiger partial charge is 0.393 e. The van der Waals surface area contributed by atoms with Gasteiger partial charge in [-0.15, -0.1) is 0 Å². The second-order valence-electron chi connectivity index (χ2n) is 11.6. The number of aliphatic hydroxyl groups is 2. The van der Waals surface area contributed by atoms with Crippen molar-refractivity contribution in [2.24, 2.45) is 17.8 Å². The molecule has 3 aliphatic rings. The van der Waals surface area contributed by atoms with Crippen LogP contribution in [0.2, 0.25) is 0 Å². The number of amides is 2. The highest BCUT2D eigenvalue weighted by Gasteiger charge is 2.46. The molecule has 208 valence electrons. The lowest BCUT2D eigenvalue weighted by Gasteiger charge is -2.32. The fourth-order valence-electron chi connectivity index (χ4n) is 5.02. The minimum Gasteiger partial charge on any atom is -0.393 e. The SMILES string of the molecule is CC(C)C(=O)NC1CCCC1OC1OCC(OC2CC(O)CC2NC(O)C(C)C)C1NC(=O)C(C)C. The van der Waals surface area contributed by atoms with Gasteiger partial charge in [0.15, 0.2) is 6.29 Å². The average molecular weight is 514 g/mol. The standard InChI is InChI=1S/C26H47N3O7/c1-13(2)23(31)27-17-8-7-9-19(17)36-26-22(29-25(33)15(5)6)21(12-34-26)35-20-11-16(30)10-18(20)28-24(32)14(3)4/h13-22,24,26,28,30,32H,7-12H2,1-6H3,(H,27,31)(H,29,33). The first-order valence-electron chi connectivity index (χ1n) is 13.6. The molecule has 1 aliphatic heterocycles. The lowest BCUT2D eigenvalue weighted by molar-refractivity contribution is -0.161. The second-order valence-corrected chi connectivity index (χ2v) is 11.6. The molecular formula is C26H47N3O7. The van der Waals surface area contributed by atoms with Gasteiger partial charge in [-0.2, -0.15) is 0 Å². The van der Waals surface area contributed by atoms with Crippen molar-refractivity contribution in [2.75, 3.05) is 6.61 Å². The second kappa shape index (κ2) is 13.0. The normalized spacial score (nSPS) is 35.6. The third-order valence-electron chi connectivity index (χ3n) is 7.41. The molecule has 0 bridgehead atoms. The van der Waals surface area contributed by atoms with E-state index in [1.165, 1.54) is 0 Å². The van der Waals surface area contributed by atoms with E-state index in [9.17, 15) is 19.8 Å². The molecule has 0 radical (unpaired) electrons. The Morgan fingerprint density at radius 3 is 2.17 bits per heavy atom. The molecule has 9 atom stereocenters. The van der Waals surface area contributed by atoms with Crippen LogP contribution in [-0.2, 0) is 23.8 Å². The fourth-order valence-corrected chi connectivity index (χ4v) is 5.02. The minimum atomic E-state index is -0.710. The molecule has 3 rings (SSSR count). The Morgan fingerprint density at radius 1 is 0.861 bits per heavy atom. The predicted molar refractivity (Wildman–Crippen MR) is 134 cm³/mol. The molecule has 0 aromatic carbocycles. The maximum absolute atomic E-state index is 12.7. The Bertz CT molecular complexity index is 734. The van der Waals surface area contributed by atoms with Crippen LogP contribution in [0.4, 0.5) is 0 Å². The molecule has 0 aromatic heterocycles. The van der Waals surface area contributed by atoms with Gasteiger partial charge in [-0.05, 0) is 31.6 Å². The Balaban J connectivity index is 1.69. The van der Waals surface area contributed by atoms with Crippen molar-refractivity contribution in [1.82, 2.24) is 16.0 Å². The summed E-state index contributed by atoms with van der Waals surface area (Å²) in [5.74, 6) is -0.442. The van der Waals surface area contributed by atoms with E-state index in [2.05, 4.69) is 16.0 Å². The number of hydrogen-bond donors (Lipinski definition) is 5. The zero-order valence-electron chi connectivity index (χ0n) is 22.6. The zero-order valence-corrected chi connectivity index (χ0v) is 22.6. The number of aliphatic hydroxyl groups excluding tert-OH is 2. The van der Waals surface area contributed by atoms with Gasteiger partial charge in [-0.3, -0.25) is 14.9 Å². The molecule has 2 saturated carbocycles. The van der Waals surface area contributed by atoms with Crippen LogP contribution in [0.25, 0.3) is 0 Å². The first-order chi connectivity index (χ1) is 17.0. The van der Waals surface area contributed by atoms with E-state index in [1.807, 2.05) is 41.5 Å². The van der Waals surface area contributed by atoms with Crippen LogP contribution in [0.15, 0.2) is 0 Å². The van der Waals surface area contributed by atoms with E-state index in [1.54, 1.807) is 0 Å². The van der Waals surface area contributed by atoms with Crippen LogP contribution in [0.5, 0.6) is 0 Å². The maximum atomic E-state index is 12.7. The summed E-state index contributed by atoms with van der Waals surface area (Å²) in [6.45, 7) is 11.4. The van der Waals surface area contributed by atoms with Gasteiger partial charge in [0, 0.05) is 24.3 Å². The number of carbonyl (C=O) groups is 2. The van der Waals surface area contributed by atoms with Crippen LogP contribution in [0.3, 0.4) is 0 Å². The average Bonchev–Trinajstić information content (AvgIpc) is 3.49. The summed E-state index contributed by atoms with van der Waals surface area (Å²) in [4.78, 5) is 24.9. The van der Waals surface area contributed by atoms with Crippen LogP contribution in [0, 0.1) is 17.8 Å². The highest BCUT2D eigenvalue weighted by atomic mass is 16.7. The summed E-state index contributed by atoms with van der Waals surface area (Å²) in [5.41, 5.74) is 0. The molecule has 0 aromatic rings. The van der Waals surface area contributed by atoms with Crippen molar-refractivity contribution in [3.63, 3.8) is 0 Å². The molecular weight excluding hydrogens is 466 g/mol. The van der Waals surface area contributed by atoms with Crippen molar-refractivity contribution in [2.45, 2.75) is 129 Å². The number of rotatable bonds is 11. The van der Waals surface area contributed by atoms with Gasteiger partial charge in [0.2, 0.25) is 11.8 Å². The predicted octanol–water partition coefficient (Wildman–Crippen LogP) is 1.03. The maximum Gasteiger partial charge on any atom is 0.223 e. The van der Waals surface area contributed by atoms with Gasteiger partial charge in [-0.25, -0.2) is 0 Å². The third kappa shape index (κ3) is 7.61. The lowest BCUT2D eigenvalue weighted by Crippen LogP contribution is -2.54. The molecule has 2 aliphatic carbocycles. The first-order valence-corrected chi connectivity index (χ1v) is 13.6. The van der Waals surface area contributed by atoms with Crippen LogP contribution in [0.1, 0.15) is 73.6 Å². The monoisotopic (exact) mass is 513 g/mol. The van der Waals surface area contributed by atoms with E-state index in [0.717, 1.165) is 19.3 Å². The van der Waals surface area contributed by atoms with Crippen molar-refractivity contribution < 1.29 is 34.0 Å². The van der Waals surface area contributed by atoms with Gasteiger partial charge in [0.1, 0.15) is 18.4 Å². The van der Waals surface area contributed by atoms with Crippen LogP contribution < -0.4 is 16.0 Å². The van der Waals surface area contributed by atoms with Crippen molar-refractivity contribution in [1.29, 1.82) is 0 Å². The lowest BCUT2D eigenvalue weighted by atomic mass is 10.1. The number of carbonyl (C=O) groups excluding carboxylic acids is 2. The molecule has 0 spiro atoms. The summed E-state index contributed by atoms with van der Waals surface area (Å²) >= 11 is 0. The Morgan fingerprint density at radius 2 is 1.53 bits per heavy atom. The summed E-state index contributed by atoms with van der Waals surface area (Å²) in [5, 5.41) is 29.9. The van der Waals surface area contributed by atoms with Gasteiger partial charge in [0.25, 0.3) is 0 Å². The summed E-state index contributed by atoms with van der Waals surface area (Å²) < 4.78 is 18.8. The van der Waals surface area contributed by atoms with Gasteiger partial charge >= 0.3 is 0 Å². The van der Waals surface area contributed by atoms with Gasteiger partial charge in [0.05, 0.1) is 31.0 Å². The topological polar surface area (TPSA) is 138 Å². The molecule has 9 unspecified atom stereocenters. The van der Waals surface area contributed by atoms with Gasteiger partial charge in [-0.1, -0.05) is 41.5 Å². The first kappa shape index (κ1) is 29.3. The zero-order chi connectivity index (χ0) is 26.6. The molecule has 36 heavy (non-hydrogen) atoms. The molecule has 1 saturated heterocycles. The number of hydrogen-bond acceptors (Lipinski definition) is 8. The molecule has 2 amide bonds. The van der Waals surface area contributed by atoms with Crippen LogP contribution >= 0.6 is 0 Å². The number of nitrogens with one attached hydrogen (secondary N) is 3. The molecule has 3 fully saturated rings. The molecule has 10 nitrogen and oxygen atoms in total. The highest BCUT2D eigenvalue weighted by molar-refractivity contribution is 5.78. The summed E-state index contributed by atoms with van der Waals surface area (Å²) in [7, 11) is 0. The summed E-state index contributed by atoms with van der Waals surface area (Å²) in [6.07, 6.45) is 0.505. The fraction of sp³-hybridized carbons (Fsp3) is 0.923. The van der Waals surface area contributed by atoms with E-state index >= 15 is 0 Å². The Kier molecular flexibility index (Phi) is 10.5. The van der Waals surface area contributed by atoms with Crippen molar-refractivity contribution in [3.05, 3.63) is 0 Å². The van der Waals surface area contributed by atoms with Crippen molar-refractivity contribution >= 4 is 11.8 Å². The minimum absolute atomic E-state index is 0.00405. The summed E-state index contributed by atoms with van der Waals surface area (Å²) in [6, 6.07) is -0.847.